The van der Waals surface area contributed by atoms with Crippen molar-refractivity contribution in [1.29, 1.82) is 0 Å². The van der Waals surface area contributed by atoms with Crippen molar-refractivity contribution in [2.24, 2.45) is 0 Å². The van der Waals surface area contributed by atoms with E-state index in [9.17, 15) is 4.79 Å². The summed E-state index contributed by atoms with van der Waals surface area (Å²) in [7, 11) is 1.33. The maximum Gasteiger partial charge on any atom is 0.340 e. The van der Waals surface area contributed by atoms with Crippen molar-refractivity contribution in [3.05, 3.63) is 41.1 Å². The Hall–Kier alpha value is -2.50. The van der Waals surface area contributed by atoms with E-state index in [2.05, 4.69) is 10.3 Å². The summed E-state index contributed by atoms with van der Waals surface area (Å²) in [4.78, 5) is 15.8. The Bertz CT molecular complexity index is 635. The third-order valence-corrected chi connectivity index (χ3v) is 2.91. The molecule has 0 aliphatic heterocycles. The van der Waals surface area contributed by atoms with Gasteiger partial charge in [-0.05, 0) is 31.5 Å². The normalized spacial score (nSPS) is 10.3. The number of carbonyl (C=O) groups is 1. The van der Waals surface area contributed by atoms with Crippen molar-refractivity contribution >= 4 is 17.3 Å². The van der Waals surface area contributed by atoms with Crippen LogP contribution in [0.3, 0.4) is 0 Å². The van der Waals surface area contributed by atoms with Gasteiger partial charge < -0.3 is 20.2 Å². The van der Waals surface area contributed by atoms with Crippen LogP contribution in [0.2, 0.25) is 0 Å². The Balaban J connectivity index is 2.19. The Labute approximate surface area is 116 Å². The summed E-state index contributed by atoms with van der Waals surface area (Å²) < 4.78 is 10.1. The summed E-state index contributed by atoms with van der Waals surface area (Å²) >= 11 is 0. The molecule has 0 aliphatic rings. The number of hydrogen-bond donors (Lipinski definition) is 2. The molecule has 1 aromatic heterocycles. The molecule has 0 saturated carbocycles. The van der Waals surface area contributed by atoms with E-state index >= 15 is 0 Å². The van der Waals surface area contributed by atoms with Crippen LogP contribution in [0, 0.1) is 13.8 Å². The monoisotopic (exact) mass is 275 g/mol. The summed E-state index contributed by atoms with van der Waals surface area (Å²) in [6.07, 6.45) is 1.66. The molecule has 106 valence electrons. The molecule has 0 unspecified atom stereocenters. The first-order valence-corrected chi connectivity index (χ1v) is 6.15. The van der Waals surface area contributed by atoms with Crippen LogP contribution in [0.5, 0.6) is 0 Å². The van der Waals surface area contributed by atoms with Gasteiger partial charge >= 0.3 is 5.97 Å². The van der Waals surface area contributed by atoms with Gasteiger partial charge in [0.05, 0.1) is 25.4 Å². The fourth-order valence-electron chi connectivity index (χ4n) is 1.84. The van der Waals surface area contributed by atoms with E-state index < -0.39 is 5.97 Å². The quantitative estimate of drug-likeness (QED) is 0.657. The topological polar surface area (TPSA) is 90.4 Å². The van der Waals surface area contributed by atoms with Gasteiger partial charge in [-0.25, -0.2) is 9.78 Å². The van der Waals surface area contributed by atoms with Gasteiger partial charge in [-0.15, -0.1) is 0 Å². The number of anilines is 2. The summed E-state index contributed by atoms with van der Waals surface area (Å²) in [5, 5.41) is 3.14. The van der Waals surface area contributed by atoms with Crippen molar-refractivity contribution in [2.75, 3.05) is 18.2 Å². The molecule has 3 N–H and O–H groups in total. The van der Waals surface area contributed by atoms with Crippen LogP contribution in [0.15, 0.2) is 22.7 Å². The number of methoxy groups -OCH3 is 1. The number of benzene rings is 1. The van der Waals surface area contributed by atoms with Crippen molar-refractivity contribution < 1.29 is 13.9 Å². The number of rotatable bonds is 4. The van der Waals surface area contributed by atoms with E-state index in [1.807, 2.05) is 19.9 Å². The molecule has 0 bridgehead atoms. The molecule has 0 fully saturated rings. The van der Waals surface area contributed by atoms with Crippen molar-refractivity contribution in [3.8, 4) is 0 Å². The first-order chi connectivity index (χ1) is 9.51. The van der Waals surface area contributed by atoms with Gasteiger partial charge in [0.15, 0.2) is 0 Å². The minimum atomic E-state index is -0.457. The van der Waals surface area contributed by atoms with Crippen molar-refractivity contribution in [1.82, 2.24) is 4.98 Å². The highest BCUT2D eigenvalue weighted by molar-refractivity contribution is 5.97. The molecule has 0 atom stereocenters. The van der Waals surface area contributed by atoms with Gasteiger partial charge in [0, 0.05) is 11.4 Å². The summed E-state index contributed by atoms with van der Waals surface area (Å²) in [6, 6.07) is 3.52. The number of oxazole rings is 1. The number of nitrogens with one attached hydrogen (secondary N) is 1. The predicted octanol–water partition coefficient (Wildman–Crippen LogP) is 2.27. The molecule has 0 radical (unpaired) electrons. The predicted molar refractivity (Wildman–Crippen MR) is 75.5 cm³/mol. The standard InChI is InChI=1S/C14H17N3O3/c1-8-4-10(5-11(13(8)15)14(18)19-3)16-7-12-17-6-9(2)20-12/h4-6,16H,7,15H2,1-3H3. The first-order valence-electron chi connectivity index (χ1n) is 6.15. The maximum absolute atomic E-state index is 11.7. The lowest BCUT2D eigenvalue weighted by molar-refractivity contribution is 0.0602. The average molecular weight is 275 g/mol. The Kier molecular flexibility index (Phi) is 3.93. The molecule has 6 heteroatoms. The van der Waals surface area contributed by atoms with Crippen LogP contribution in [-0.4, -0.2) is 18.1 Å². The summed E-state index contributed by atoms with van der Waals surface area (Å²) in [6.45, 7) is 4.10. The van der Waals surface area contributed by atoms with Crippen LogP contribution < -0.4 is 11.1 Å². The maximum atomic E-state index is 11.7. The van der Waals surface area contributed by atoms with Gasteiger partial charge in [0.2, 0.25) is 5.89 Å². The number of carbonyl (C=O) groups excluding carboxylic acids is 1. The molecule has 0 spiro atoms. The zero-order valence-corrected chi connectivity index (χ0v) is 11.7. The highest BCUT2D eigenvalue weighted by Gasteiger charge is 2.13. The van der Waals surface area contributed by atoms with Gasteiger partial charge in [0.25, 0.3) is 0 Å². The van der Waals surface area contributed by atoms with Crippen molar-refractivity contribution in [3.63, 3.8) is 0 Å². The number of nitrogens with two attached hydrogens (primary N) is 1. The first kappa shape index (κ1) is 13.9. The minimum absolute atomic E-state index is 0.346. The van der Waals surface area contributed by atoms with Crippen LogP contribution in [0.4, 0.5) is 11.4 Å². The zero-order valence-electron chi connectivity index (χ0n) is 11.7. The third kappa shape index (κ3) is 2.90. The molecule has 6 nitrogen and oxygen atoms in total. The number of nitrogen functional groups attached to an aromatic ring is 1. The number of ether oxygens (including phenoxy) is 1. The van der Waals surface area contributed by atoms with Crippen LogP contribution in [-0.2, 0) is 11.3 Å². The van der Waals surface area contributed by atoms with Gasteiger partial charge in [-0.2, -0.15) is 0 Å². The van der Waals surface area contributed by atoms with Crippen LogP contribution in [0.25, 0.3) is 0 Å². The van der Waals surface area contributed by atoms with E-state index in [4.69, 9.17) is 14.9 Å². The fraction of sp³-hybridized carbons (Fsp3) is 0.286. The van der Waals surface area contributed by atoms with E-state index in [1.165, 1.54) is 7.11 Å². The van der Waals surface area contributed by atoms with E-state index in [-0.39, 0.29) is 0 Å². The van der Waals surface area contributed by atoms with Gasteiger partial charge in [-0.3, -0.25) is 0 Å². The number of esters is 1. The van der Waals surface area contributed by atoms with E-state index in [0.29, 0.717) is 23.7 Å². The summed E-state index contributed by atoms with van der Waals surface area (Å²) in [5.74, 6) is 0.878. The van der Waals surface area contributed by atoms with Gasteiger partial charge in [0.1, 0.15) is 5.76 Å². The Morgan fingerprint density at radius 3 is 2.80 bits per heavy atom. The molecule has 2 rings (SSSR count). The SMILES string of the molecule is COC(=O)c1cc(NCc2ncc(C)o2)cc(C)c1N. The van der Waals surface area contributed by atoms with Gasteiger partial charge in [-0.1, -0.05) is 0 Å². The second-order valence-corrected chi connectivity index (χ2v) is 4.46. The highest BCUT2D eigenvalue weighted by Crippen LogP contribution is 2.24. The zero-order chi connectivity index (χ0) is 14.7. The van der Waals surface area contributed by atoms with E-state index in [0.717, 1.165) is 17.0 Å². The molecule has 0 amide bonds. The molecule has 1 heterocycles. The van der Waals surface area contributed by atoms with Crippen LogP contribution >= 0.6 is 0 Å². The smallest absolute Gasteiger partial charge is 0.340 e. The average Bonchev–Trinajstić information content (AvgIpc) is 2.85. The lowest BCUT2D eigenvalue weighted by atomic mass is 10.1. The molecule has 0 saturated heterocycles. The summed E-state index contributed by atoms with van der Waals surface area (Å²) in [5.41, 5.74) is 8.21. The number of hydrogen-bond acceptors (Lipinski definition) is 6. The Morgan fingerprint density at radius 2 is 2.20 bits per heavy atom. The molecule has 0 aliphatic carbocycles. The molecule has 1 aromatic carbocycles. The second-order valence-electron chi connectivity index (χ2n) is 4.46. The number of aryl methyl sites for hydroxylation is 2. The lowest BCUT2D eigenvalue weighted by Crippen LogP contribution is -2.09. The third-order valence-electron chi connectivity index (χ3n) is 2.91. The highest BCUT2D eigenvalue weighted by atomic mass is 16.5. The largest absolute Gasteiger partial charge is 0.465 e. The van der Waals surface area contributed by atoms with Crippen molar-refractivity contribution in [2.45, 2.75) is 20.4 Å². The Morgan fingerprint density at radius 1 is 1.45 bits per heavy atom. The minimum Gasteiger partial charge on any atom is -0.465 e. The lowest BCUT2D eigenvalue weighted by Gasteiger charge is -2.11. The number of nitrogens with zero attached hydrogens (tertiary/aromatic N) is 1. The van der Waals surface area contributed by atoms with E-state index in [1.54, 1.807) is 12.3 Å². The fourth-order valence-corrected chi connectivity index (χ4v) is 1.84. The molecular weight excluding hydrogens is 258 g/mol. The van der Waals surface area contributed by atoms with Crippen LogP contribution in [0.1, 0.15) is 27.6 Å². The number of aromatic nitrogens is 1. The molecule has 2 aromatic rings. The molecular formula is C14H17N3O3. The second kappa shape index (κ2) is 5.64. The molecule has 20 heavy (non-hydrogen) atoms.